The van der Waals surface area contributed by atoms with E-state index in [1.165, 1.54) is 69.8 Å². The average Bonchev–Trinajstić information content (AvgIpc) is 3.31. The minimum absolute atomic E-state index is 0.0888. The van der Waals surface area contributed by atoms with E-state index in [4.69, 9.17) is 0 Å². The van der Waals surface area contributed by atoms with Crippen molar-refractivity contribution >= 4 is 0 Å². The molecule has 0 saturated heterocycles. The van der Waals surface area contributed by atoms with Crippen LogP contribution in [0.5, 0.6) is 0 Å². The molecule has 5 fully saturated rings. The van der Waals surface area contributed by atoms with Crippen LogP contribution in [0, 0.1) is 56.7 Å². The Morgan fingerprint density at radius 2 is 1.50 bits per heavy atom. The highest BCUT2D eigenvalue weighted by Crippen LogP contribution is 2.89. The van der Waals surface area contributed by atoms with Gasteiger partial charge in [-0.1, -0.05) is 60.6 Å². The van der Waals surface area contributed by atoms with Crippen LogP contribution in [0.2, 0.25) is 0 Å². The van der Waals surface area contributed by atoms with Gasteiger partial charge in [-0.2, -0.15) is 0 Å². The van der Waals surface area contributed by atoms with Gasteiger partial charge in [0, 0.05) is 0 Å². The maximum absolute atomic E-state index is 10.9. The normalized spacial score (nSPS) is 51.9. The highest BCUT2D eigenvalue weighted by Gasteiger charge is 2.82. The Morgan fingerprint density at radius 3 is 2.19 bits per heavy atom. The van der Waals surface area contributed by atoms with Crippen molar-refractivity contribution in [2.45, 2.75) is 125 Å². The van der Waals surface area contributed by atoms with E-state index in [0.29, 0.717) is 27.6 Å². The fraction of sp³-hybridized carbons (Fsp3) is 0.935. The molecular formula is C31H52O. The molecule has 0 aromatic rings. The van der Waals surface area contributed by atoms with Crippen molar-refractivity contribution in [3.63, 3.8) is 0 Å². The number of allylic oxidation sites excluding steroid dienone is 1. The first kappa shape index (κ1) is 23.4. The highest BCUT2D eigenvalue weighted by atomic mass is 16.3. The van der Waals surface area contributed by atoms with Crippen molar-refractivity contribution in [1.29, 1.82) is 0 Å². The summed E-state index contributed by atoms with van der Waals surface area (Å²) in [4.78, 5) is 0. The van der Waals surface area contributed by atoms with Crippen molar-refractivity contribution in [1.82, 2.24) is 0 Å². The molecule has 182 valence electrons. The zero-order valence-corrected chi connectivity index (χ0v) is 22.4. The Hall–Kier alpha value is -0.300. The van der Waals surface area contributed by atoms with Crippen LogP contribution in [-0.2, 0) is 0 Å². The molecule has 1 nitrogen and oxygen atoms in total. The van der Waals surface area contributed by atoms with Crippen molar-refractivity contribution in [2.24, 2.45) is 56.7 Å². The molecule has 9 atom stereocenters. The van der Waals surface area contributed by atoms with E-state index in [-0.39, 0.29) is 11.5 Å². The monoisotopic (exact) mass is 440 g/mol. The third-order valence-electron chi connectivity index (χ3n) is 13.6. The summed E-state index contributed by atoms with van der Waals surface area (Å²) >= 11 is 0. The first-order chi connectivity index (χ1) is 14.9. The van der Waals surface area contributed by atoms with E-state index in [1.807, 2.05) is 0 Å². The molecular weight excluding hydrogens is 388 g/mol. The Bertz CT molecular complexity index is 779. The third kappa shape index (κ3) is 2.73. The smallest absolute Gasteiger partial charge is 0.0594 e. The van der Waals surface area contributed by atoms with Crippen LogP contribution in [0.1, 0.15) is 119 Å². The zero-order chi connectivity index (χ0) is 23.3. The minimum atomic E-state index is -0.0888. The van der Waals surface area contributed by atoms with Crippen LogP contribution in [0.4, 0.5) is 0 Å². The van der Waals surface area contributed by atoms with E-state index >= 15 is 0 Å². The van der Waals surface area contributed by atoms with Crippen molar-refractivity contribution < 1.29 is 5.11 Å². The van der Waals surface area contributed by atoms with Gasteiger partial charge in [0.05, 0.1) is 6.10 Å². The number of aliphatic hydroxyl groups is 1. The quantitative estimate of drug-likeness (QED) is 0.425. The minimum Gasteiger partial charge on any atom is -0.393 e. The van der Waals surface area contributed by atoms with E-state index in [2.05, 4.69) is 55.0 Å². The second kappa shape index (κ2) is 7.11. The zero-order valence-electron chi connectivity index (χ0n) is 22.4. The van der Waals surface area contributed by atoms with Crippen LogP contribution in [0.25, 0.3) is 0 Å². The van der Waals surface area contributed by atoms with Gasteiger partial charge in [0.1, 0.15) is 0 Å². The fourth-order valence-corrected chi connectivity index (χ4v) is 11.2. The predicted molar refractivity (Wildman–Crippen MR) is 135 cm³/mol. The third-order valence-corrected chi connectivity index (χ3v) is 13.6. The number of rotatable bonds is 5. The van der Waals surface area contributed by atoms with Gasteiger partial charge in [-0.15, -0.1) is 0 Å². The lowest BCUT2D eigenvalue weighted by Gasteiger charge is -2.63. The number of hydrogen-bond donors (Lipinski definition) is 1. The van der Waals surface area contributed by atoms with Crippen LogP contribution in [0.3, 0.4) is 0 Å². The van der Waals surface area contributed by atoms with Gasteiger partial charge in [-0.3, -0.25) is 0 Å². The van der Waals surface area contributed by atoms with E-state index in [1.54, 1.807) is 0 Å². The first-order valence-corrected chi connectivity index (χ1v) is 14.2. The molecule has 5 aliphatic rings. The topological polar surface area (TPSA) is 20.2 Å². The Kier molecular flexibility index (Phi) is 5.21. The molecule has 1 heteroatoms. The molecule has 0 aromatic carbocycles. The Labute approximate surface area is 199 Å². The molecule has 0 unspecified atom stereocenters. The molecule has 5 rings (SSSR count). The van der Waals surface area contributed by atoms with Crippen LogP contribution in [-0.4, -0.2) is 11.2 Å². The summed E-state index contributed by atoms with van der Waals surface area (Å²) in [6.45, 7) is 21.8. The van der Waals surface area contributed by atoms with Gasteiger partial charge in [0.15, 0.2) is 0 Å². The highest BCUT2D eigenvalue weighted by molar-refractivity contribution is 5.30. The SMILES string of the molecule is C=C(CC[C@@H](C)[C@H]1CC[C@]2(C)[C@H]3CC[C@@H]4C(C)(C)[C@@H](O)CC[C@@]45C[C@]35CC[C@]12C)C(C)C. The number of hydrogen-bond acceptors (Lipinski definition) is 1. The van der Waals surface area contributed by atoms with Crippen molar-refractivity contribution in [3.8, 4) is 0 Å². The second-order valence-electron chi connectivity index (χ2n) is 14.9. The van der Waals surface area contributed by atoms with Gasteiger partial charge in [0.2, 0.25) is 0 Å². The lowest BCUT2D eigenvalue weighted by Crippen LogP contribution is -2.57. The second-order valence-corrected chi connectivity index (χ2v) is 14.9. The predicted octanol–water partition coefficient (Wildman–Crippen LogP) is 8.41. The molecule has 2 spiro atoms. The fourth-order valence-electron chi connectivity index (χ4n) is 11.2. The first-order valence-electron chi connectivity index (χ1n) is 14.2. The lowest BCUT2D eigenvalue weighted by atomic mass is 9.41. The van der Waals surface area contributed by atoms with Crippen molar-refractivity contribution in [2.75, 3.05) is 0 Å². The van der Waals surface area contributed by atoms with Gasteiger partial charge in [-0.25, -0.2) is 0 Å². The summed E-state index contributed by atoms with van der Waals surface area (Å²) in [7, 11) is 0. The molecule has 0 heterocycles. The molecule has 0 aromatic heterocycles. The lowest BCUT2D eigenvalue weighted by molar-refractivity contribution is -0.161. The van der Waals surface area contributed by atoms with Crippen LogP contribution in [0.15, 0.2) is 12.2 Å². The standard InChI is InChI=1S/C31H52O/c1-20(2)21(3)9-10-22(4)23-13-15-29(8)25-12-11-24-27(5,6)26(32)14-16-30(24)19-31(25,30)18-17-28(23,29)7/h20,22-26,32H,3,9-19H2,1-2,4-8H3/t22-,23-,24-,25-,26+,28-,29-,30-,31-/m1/s1. The molecule has 5 saturated carbocycles. The maximum atomic E-state index is 10.9. The molecule has 0 amide bonds. The number of fused-ring (bicyclic) bond motifs is 2. The van der Waals surface area contributed by atoms with Crippen molar-refractivity contribution in [3.05, 3.63) is 12.2 Å². The summed E-state index contributed by atoms with van der Waals surface area (Å²) in [6, 6.07) is 0. The van der Waals surface area contributed by atoms with Gasteiger partial charge < -0.3 is 5.11 Å². The molecule has 0 radical (unpaired) electrons. The van der Waals surface area contributed by atoms with Gasteiger partial charge in [0.25, 0.3) is 0 Å². The maximum Gasteiger partial charge on any atom is 0.0594 e. The van der Waals surface area contributed by atoms with Gasteiger partial charge in [-0.05, 0) is 127 Å². The summed E-state index contributed by atoms with van der Waals surface area (Å²) < 4.78 is 0. The molecule has 5 aliphatic carbocycles. The average molecular weight is 441 g/mol. The van der Waals surface area contributed by atoms with Gasteiger partial charge >= 0.3 is 0 Å². The van der Waals surface area contributed by atoms with Crippen LogP contribution < -0.4 is 0 Å². The largest absolute Gasteiger partial charge is 0.393 e. The Balaban J connectivity index is 1.39. The molecule has 32 heavy (non-hydrogen) atoms. The summed E-state index contributed by atoms with van der Waals surface area (Å²) in [5.74, 6) is 4.02. The van der Waals surface area contributed by atoms with E-state index < -0.39 is 0 Å². The summed E-state index contributed by atoms with van der Waals surface area (Å²) in [5.41, 5.74) is 3.79. The molecule has 0 aliphatic heterocycles. The molecule has 0 bridgehead atoms. The van der Waals surface area contributed by atoms with E-state index in [0.717, 1.165) is 30.1 Å². The summed E-state index contributed by atoms with van der Waals surface area (Å²) in [5, 5.41) is 10.9. The Morgan fingerprint density at radius 1 is 0.844 bits per heavy atom. The van der Waals surface area contributed by atoms with E-state index in [9.17, 15) is 5.11 Å². The molecule has 1 N–H and O–H groups in total. The van der Waals surface area contributed by atoms with Crippen LogP contribution >= 0.6 is 0 Å². The summed E-state index contributed by atoms with van der Waals surface area (Å²) in [6.07, 6.45) is 15.0. The number of aliphatic hydroxyl groups excluding tert-OH is 1.